The average Bonchev–Trinajstić information content (AvgIpc) is 3.06. The molecular weight excluding hydrogens is 292 g/mol. The van der Waals surface area contributed by atoms with Crippen LogP contribution in [0.1, 0.15) is 46.2 Å². The lowest BCUT2D eigenvalue weighted by Crippen LogP contribution is -2.37. The number of thiazole rings is 1. The Kier molecular flexibility index (Phi) is 4.57. The standard InChI is InChI=1S/C14H18N2O2S2/c1-9(2)13-15-7-10(20-13)12(17)16-8-14(3,18)11-5-4-6-19-11/h4-7,9,18H,8H2,1-3H3,(H,16,17). The first-order valence-electron chi connectivity index (χ1n) is 6.40. The summed E-state index contributed by atoms with van der Waals surface area (Å²) in [4.78, 5) is 17.7. The van der Waals surface area contributed by atoms with Crippen LogP contribution in [-0.2, 0) is 5.60 Å². The number of nitrogens with zero attached hydrogens (tertiary/aromatic N) is 1. The number of hydrogen-bond acceptors (Lipinski definition) is 5. The fourth-order valence-corrected chi connectivity index (χ4v) is 3.29. The van der Waals surface area contributed by atoms with E-state index in [-0.39, 0.29) is 12.5 Å². The molecule has 0 fully saturated rings. The highest BCUT2D eigenvalue weighted by Gasteiger charge is 2.25. The zero-order valence-corrected chi connectivity index (χ0v) is 13.3. The molecule has 0 aliphatic carbocycles. The van der Waals surface area contributed by atoms with Gasteiger partial charge in [-0.1, -0.05) is 19.9 Å². The first-order chi connectivity index (χ1) is 9.40. The topological polar surface area (TPSA) is 62.2 Å². The van der Waals surface area contributed by atoms with Crippen LogP contribution in [0.3, 0.4) is 0 Å². The van der Waals surface area contributed by atoms with E-state index in [1.807, 2.05) is 31.4 Å². The van der Waals surface area contributed by atoms with E-state index in [1.54, 1.807) is 13.1 Å². The Morgan fingerprint density at radius 3 is 2.85 bits per heavy atom. The fourth-order valence-electron chi connectivity index (χ4n) is 1.67. The maximum atomic E-state index is 12.0. The Morgan fingerprint density at radius 1 is 1.55 bits per heavy atom. The molecule has 1 unspecified atom stereocenters. The predicted octanol–water partition coefficient (Wildman–Crippen LogP) is 2.97. The third-order valence-corrected chi connectivity index (χ3v) is 5.31. The molecule has 0 aromatic carbocycles. The first-order valence-corrected chi connectivity index (χ1v) is 8.10. The number of amides is 1. The van der Waals surface area contributed by atoms with Crippen molar-refractivity contribution in [2.24, 2.45) is 0 Å². The van der Waals surface area contributed by atoms with E-state index in [0.29, 0.717) is 10.8 Å². The van der Waals surface area contributed by atoms with Gasteiger partial charge in [0.1, 0.15) is 10.5 Å². The van der Waals surface area contributed by atoms with Crippen molar-refractivity contribution in [3.05, 3.63) is 38.5 Å². The van der Waals surface area contributed by atoms with E-state index in [9.17, 15) is 9.90 Å². The number of carbonyl (C=O) groups excluding carboxylic acids is 1. The van der Waals surface area contributed by atoms with E-state index < -0.39 is 5.60 Å². The summed E-state index contributed by atoms with van der Waals surface area (Å²) in [7, 11) is 0. The Balaban J connectivity index is 1.98. The van der Waals surface area contributed by atoms with E-state index in [4.69, 9.17) is 0 Å². The smallest absolute Gasteiger partial charge is 0.263 e. The van der Waals surface area contributed by atoms with Gasteiger partial charge < -0.3 is 10.4 Å². The van der Waals surface area contributed by atoms with Crippen molar-refractivity contribution in [2.45, 2.75) is 32.3 Å². The zero-order chi connectivity index (χ0) is 14.8. The van der Waals surface area contributed by atoms with Crippen molar-refractivity contribution in [3.8, 4) is 0 Å². The van der Waals surface area contributed by atoms with Gasteiger partial charge in [0.2, 0.25) is 0 Å². The van der Waals surface area contributed by atoms with E-state index in [0.717, 1.165) is 9.88 Å². The highest BCUT2D eigenvalue weighted by atomic mass is 32.1. The first kappa shape index (κ1) is 15.2. The summed E-state index contributed by atoms with van der Waals surface area (Å²) >= 11 is 2.87. The normalized spacial score (nSPS) is 14.2. The maximum Gasteiger partial charge on any atom is 0.263 e. The van der Waals surface area contributed by atoms with Gasteiger partial charge in [-0.15, -0.1) is 22.7 Å². The summed E-state index contributed by atoms with van der Waals surface area (Å²) in [6.07, 6.45) is 1.59. The Hall–Kier alpha value is -1.24. The molecule has 0 spiro atoms. The summed E-state index contributed by atoms with van der Waals surface area (Å²) in [6.45, 7) is 5.97. The van der Waals surface area contributed by atoms with Gasteiger partial charge in [0, 0.05) is 10.8 Å². The molecule has 4 nitrogen and oxygen atoms in total. The van der Waals surface area contributed by atoms with Crippen LogP contribution in [-0.4, -0.2) is 22.5 Å². The lowest BCUT2D eigenvalue weighted by molar-refractivity contribution is 0.0558. The molecule has 0 saturated heterocycles. The highest BCUT2D eigenvalue weighted by Crippen LogP contribution is 2.25. The molecule has 1 amide bonds. The van der Waals surface area contributed by atoms with Crippen LogP contribution in [0, 0.1) is 0 Å². The lowest BCUT2D eigenvalue weighted by Gasteiger charge is -2.22. The van der Waals surface area contributed by atoms with Crippen LogP contribution in [0.25, 0.3) is 0 Å². The number of aliphatic hydroxyl groups is 1. The molecule has 2 rings (SSSR count). The third-order valence-electron chi connectivity index (χ3n) is 2.89. The maximum absolute atomic E-state index is 12.0. The fraction of sp³-hybridized carbons (Fsp3) is 0.429. The second kappa shape index (κ2) is 6.03. The minimum absolute atomic E-state index is 0.182. The summed E-state index contributed by atoms with van der Waals surface area (Å²) in [5.74, 6) is 0.127. The SMILES string of the molecule is CC(C)c1ncc(C(=O)NCC(C)(O)c2cccs2)s1. The average molecular weight is 310 g/mol. The minimum Gasteiger partial charge on any atom is -0.383 e. The zero-order valence-electron chi connectivity index (χ0n) is 11.7. The van der Waals surface area contributed by atoms with Crippen molar-refractivity contribution in [2.75, 3.05) is 6.54 Å². The van der Waals surface area contributed by atoms with Gasteiger partial charge in [-0.05, 0) is 18.4 Å². The Labute approximate surface area is 126 Å². The number of nitrogens with one attached hydrogen (secondary N) is 1. The second-order valence-corrected chi connectivity index (χ2v) is 7.16. The highest BCUT2D eigenvalue weighted by molar-refractivity contribution is 7.13. The Morgan fingerprint density at radius 2 is 2.30 bits per heavy atom. The number of rotatable bonds is 5. The molecule has 1 atom stereocenters. The van der Waals surface area contributed by atoms with Crippen LogP contribution in [0.5, 0.6) is 0 Å². The largest absolute Gasteiger partial charge is 0.383 e. The molecule has 2 heterocycles. The molecular formula is C14H18N2O2S2. The quantitative estimate of drug-likeness (QED) is 0.892. The molecule has 0 aliphatic rings. The van der Waals surface area contributed by atoms with Crippen molar-refractivity contribution in [1.82, 2.24) is 10.3 Å². The van der Waals surface area contributed by atoms with E-state index in [1.165, 1.54) is 22.7 Å². The molecule has 20 heavy (non-hydrogen) atoms. The van der Waals surface area contributed by atoms with Crippen LogP contribution in [0.15, 0.2) is 23.7 Å². The number of thiophene rings is 1. The molecule has 2 N–H and O–H groups in total. The van der Waals surface area contributed by atoms with E-state index in [2.05, 4.69) is 10.3 Å². The number of hydrogen-bond donors (Lipinski definition) is 2. The van der Waals surface area contributed by atoms with Crippen LogP contribution in [0.4, 0.5) is 0 Å². The van der Waals surface area contributed by atoms with Crippen molar-refractivity contribution in [3.63, 3.8) is 0 Å². The Bertz CT molecular complexity index is 574. The molecule has 2 aromatic rings. The molecule has 108 valence electrons. The van der Waals surface area contributed by atoms with Crippen LogP contribution < -0.4 is 5.32 Å². The third kappa shape index (κ3) is 3.45. The number of carbonyl (C=O) groups is 1. The summed E-state index contributed by atoms with van der Waals surface area (Å²) in [6, 6.07) is 3.74. The van der Waals surface area contributed by atoms with Crippen molar-refractivity contribution >= 4 is 28.6 Å². The molecule has 6 heteroatoms. The second-order valence-electron chi connectivity index (χ2n) is 5.15. The van der Waals surface area contributed by atoms with Gasteiger partial charge in [0.15, 0.2) is 0 Å². The van der Waals surface area contributed by atoms with Gasteiger partial charge in [0.25, 0.3) is 5.91 Å². The number of aromatic nitrogens is 1. The summed E-state index contributed by atoms with van der Waals surface area (Å²) in [5.41, 5.74) is -1.05. The van der Waals surface area contributed by atoms with Crippen LogP contribution in [0.2, 0.25) is 0 Å². The van der Waals surface area contributed by atoms with Crippen molar-refractivity contribution < 1.29 is 9.90 Å². The van der Waals surface area contributed by atoms with Gasteiger partial charge in [0.05, 0.1) is 17.7 Å². The monoisotopic (exact) mass is 310 g/mol. The molecule has 0 aliphatic heterocycles. The predicted molar refractivity (Wildman–Crippen MR) is 82.4 cm³/mol. The molecule has 2 aromatic heterocycles. The molecule has 0 bridgehead atoms. The van der Waals surface area contributed by atoms with E-state index >= 15 is 0 Å². The summed E-state index contributed by atoms with van der Waals surface area (Å²) < 4.78 is 0. The summed E-state index contributed by atoms with van der Waals surface area (Å²) in [5, 5.41) is 16.0. The molecule has 0 radical (unpaired) electrons. The lowest BCUT2D eigenvalue weighted by atomic mass is 10.1. The van der Waals surface area contributed by atoms with Crippen molar-refractivity contribution in [1.29, 1.82) is 0 Å². The van der Waals surface area contributed by atoms with Gasteiger partial charge >= 0.3 is 0 Å². The minimum atomic E-state index is -1.05. The molecule has 0 saturated carbocycles. The van der Waals surface area contributed by atoms with Gasteiger partial charge in [-0.25, -0.2) is 4.98 Å². The van der Waals surface area contributed by atoms with Gasteiger partial charge in [-0.2, -0.15) is 0 Å². The van der Waals surface area contributed by atoms with Gasteiger partial charge in [-0.3, -0.25) is 4.79 Å². The van der Waals surface area contributed by atoms with Crippen LogP contribution >= 0.6 is 22.7 Å².